The number of carbonyl (C=O) groups is 1. The maximum Gasteiger partial charge on any atom is 0.422 e. The second-order valence-electron chi connectivity index (χ2n) is 12.2. The highest BCUT2D eigenvalue weighted by molar-refractivity contribution is 7.92. The van der Waals surface area contributed by atoms with Gasteiger partial charge in [-0.1, -0.05) is 60.2 Å². The molecular weight excluding hydrogens is 692 g/mol. The summed E-state index contributed by atoms with van der Waals surface area (Å²) in [5, 5.41) is 9.17. The van der Waals surface area contributed by atoms with Crippen LogP contribution in [0.5, 0.6) is 5.75 Å². The van der Waals surface area contributed by atoms with Crippen molar-refractivity contribution in [1.82, 2.24) is 9.97 Å². The number of ether oxygens (including phenoxy) is 1. The number of benzene rings is 2. The van der Waals surface area contributed by atoms with Crippen LogP contribution in [0.25, 0.3) is 21.7 Å². The molecule has 0 saturated carbocycles. The number of nitrogens with zero attached hydrogens (tertiary/aromatic N) is 3. The van der Waals surface area contributed by atoms with E-state index in [0.717, 1.165) is 11.3 Å². The summed E-state index contributed by atoms with van der Waals surface area (Å²) in [5.74, 6) is -4.36. The first-order valence-corrected chi connectivity index (χ1v) is 17.5. The topological polar surface area (TPSA) is 122 Å². The second kappa shape index (κ2) is 13.9. The van der Waals surface area contributed by atoms with Gasteiger partial charge in [-0.25, -0.2) is 18.7 Å². The Morgan fingerprint density at radius 2 is 1.76 bits per heavy atom. The standard InChI is InChI=1S/C33H33F5N4O5S2/c1-31(2,29(43)44)19-42-17-7-3-6-16-32(34,35)24-13-5-4-12-23(24)27-28(21-10-8-11-22(18-21)47-20-33(36,37)38)48-30(40-27)41-49(45,46)26-15-9-14-25(42)39-26/h4-5,8-15,18H,3,6-7,16-17,19-20H2,1-2H3,(H,40,41)(H,43,44). The zero-order valence-corrected chi connectivity index (χ0v) is 28.1. The molecule has 1 aliphatic rings. The van der Waals surface area contributed by atoms with Gasteiger partial charge in [0.05, 0.1) is 16.0 Å². The lowest BCUT2D eigenvalue weighted by atomic mass is 9.92. The van der Waals surface area contributed by atoms with E-state index in [1.807, 2.05) is 0 Å². The van der Waals surface area contributed by atoms with E-state index in [-0.39, 0.29) is 68.5 Å². The smallest absolute Gasteiger partial charge is 0.422 e. The number of rotatable bonds is 6. The average Bonchev–Trinajstić information content (AvgIpc) is 3.45. The molecular formula is C33H33F5N4O5S2. The quantitative estimate of drug-likeness (QED) is 0.191. The number of fused-ring (bicyclic) bond motifs is 6. The molecule has 4 aromatic rings. The van der Waals surface area contributed by atoms with E-state index in [2.05, 4.69) is 14.7 Å². The zero-order chi connectivity index (χ0) is 35.6. The van der Waals surface area contributed by atoms with Crippen LogP contribution in [0.15, 0.2) is 71.8 Å². The third kappa shape index (κ3) is 8.65. The van der Waals surface area contributed by atoms with Crippen molar-refractivity contribution in [3.8, 4) is 27.4 Å². The number of aliphatic carboxylic acids is 1. The molecule has 0 aliphatic carbocycles. The van der Waals surface area contributed by atoms with E-state index in [1.54, 1.807) is 11.0 Å². The number of halogens is 5. The van der Waals surface area contributed by atoms with E-state index >= 15 is 8.78 Å². The number of thiazole rings is 1. The molecule has 262 valence electrons. The van der Waals surface area contributed by atoms with Gasteiger partial charge >= 0.3 is 12.1 Å². The maximum absolute atomic E-state index is 16.0. The number of sulfonamides is 1. The molecule has 0 saturated heterocycles. The summed E-state index contributed by atoms with van der Waals surface area (Å²) in [6, 6.07) is 15.5. The van der Waals surface area contributed by atoms with Crippen LogP contribution in [0, 0.1) is 5.41 Å². The predicted octanol–water partition coefficient (Wildman–Crippen LogP) is 8.20. The van der Waals surface area contributed by atoms with Crippen LogP contribution in [0.3, 0.4) is 0 Å². The molecule has 5 rings (SSSR count). The summed E-state index contributed by atoms with van der Waals surface area (Å²) in [5.41, 5.74) is -1.30. The molecule has 0 unspecified atom stereocenters. The van der Waals surface area contributed by atoms with Crippen LogP contribution in [-0.2, 0) is 20.7 Å². The third-order valence-corrected chi connectivity index (χ3v) is 10.2. The van der Waals surface area contributed by atoms with E-state index in [4.69, 9.17) is 4.74 Å². The number of carboxylic acid groups (broad SMARTS) is 1. The largest absolute Gasteiger partial charge is 0.484 e. The second-order valence-corrected chi connectivity index (χ2v) is 14.9. The predicted molar refractivity (Wildman–Crippen MR) is 176 cm³/mol. The van der Waals surface area contributed by atoms with Crippen molar-refractivity contribution in [2.75, 3.05) is 29.3 Å². The summed E-state index contributed by atoms with van der Waals surface area (Å²) < 4.78 is 105. The molecule has 2 aromatic carbocycles. The van der Waals surface area contributed by atoms with Gasteiger partial charge in [0.25, 0.3) is 15.9 Å². The maximum atomic E-state index is 16.0. The minimum Gasteiger partial charge on any atom is -0.484 e. The first kappa shape index (κ1) is 36.0. The molecule has 0 amide bonds. The molecule has 0 spiro atoms. The molecule has 1 aliphatic heterocycles. The van der Waals surface area contributed by atoms with Gasteiger partial charge in [0.15, 0.2) is 16.8 Å². The Bertz CT molecular complexity index is 1930. The van der Waals surface area contributed by atoms with Crippen molar-refractivity contribution >= 4 is 38.3 Å². The van der Waals surface area contributed by atoms with Crippen LogP contribution >= 0.6 is 11.3 Å². The molecule has 2 aromatic heterocycles. The number of anilines is 2. The fraction of sp³-hybridized carbons (Fsp3) is 0.364. The van der Waals surface area contributed by atoms with Crippen LogP contribution < -0.4 is 14.4 Å². The van der Waals surface area contributed by atoms with Crippen LogP contribution in [0.1, 0.15) is 45.1 Å². The number of hydrogen-bond donors (Lipinski definition) is 2. The van der Waals surface area contributed by atoms with Crippen LogP contribution in [0.4, 0.5) is 32.9 Å². The summed E-state index contributed by atoms with van der Waals surface area (Å²) in [6.45, 7) is 1.71. The molecule has 0 atom stereocenters. The minimum absolute atomic E-state index is 0.000880. The summed E-state index contributed by atoms with van der Waals surface area (Å²) in [4.78, 5) is 22.6. The van der Waals surface area contributed by atoms with Crippen molar-refractivity contribution < 1.29 is 45.0 Å². The average molecular weight is 725 g/mol. The van der Waals surface area contributed by atoms with Crippen molar-refractivity contribution in [3.63, 3.8) is 0 Å². The Balaban J connectivity index is 1.64. The summed E-state index contributed by atoms with van der Waals surface area (Å²) in [7, 11) is -4.43. The highest BCUT2D eigenvalue weighted by atomic mass is 32.2. The summed E-state index contributed by atoms with van der Waals surface area (Å²) in [6.07, 6.45) is -4.24. The minimum atomic E-state index is -4.60. The van der Waals surface area contributed by atoms with Gasteiger partial charge in [-0.3, -0.25) is 9.52 Å². The van der Waals surface area contributed by atoms with Gasteiger partial charge in [-0.05, 0) is 56.5 Å². The Hall–Kier alpha value is -4.31. The molecule has 0 radical (unpaired) electrons. The fourth-order valence-electron chi connectivity index (χ4n) is 5.32. The number of aromatic nitrogens is 2. The van der Waals surface area contributed by atoms with E-state index < -0.39 is 46.5 Å². The Labute approximate surface area is 283 Å². The highest BCUT2D eigenvalue weighted by Gasteiger charge is 2.36. The lowest BCUT2D eigenvalue weighted by Gasteiger charge is -2.31. The number of nitrogens with one attached hydrogen (secondary N) is 1. The summed E-state index contributed by atoms with van der Waals surface area (Å²) >= 11 is 0.804. The van der Waals surface area contributed by atoms with Gasteiger partial charge in [-0.2, -0.15) is 21.6 Å². The normalized spacial score (nSPS) is 16.6. The number of hydrogen-bond acceptors (Lipinski definition) is 8. The SMILES string of the molecule is CC(C)(CN1CCCCCC(F)(F)c2ccccc2-c2nc(sc2-c2cccc(OCC(F)(F)F)c2)NS(=O)(=O)c2cccc1n2)C(=O)O. The fourth-order valence-corrected chi connectivity index (χ4v) is 7.49. The molecule has 0 fully saturated rings. The van der Waals surface area contributed by atoms with Gasteiger partial charge < -0.3 is 14.7 Å². The highest BCUT2D eigenvalue weighted by Crippen LogP contribution is 2.46. The third-order valence-electron chi connectivity index (χ3n) is 7.82. The van der Waals surface area contributed by atoms with Crippen molar-refractivity contribution in [3.05, 3.63) is 72.3 Å². The Morgan fingerprint density at radius 3 is 2.49 bits per heavy atom. The molecule has 49 heavy (non-hydrogen) atoms. The van der Waals surface area contributed by atoms with Gasteiger partial charge in [0.1, 0.15) is 11.6 Å². The van der Waals surface area contributed by atoms with Crippen molar-refractivity contribution in [1.29, 1.82) is 0 Å². The van der Waals surface area contributed by atoms with Crippen LogP contribution in [-0.4, -0.2) is 55.3 Å². The Morgan fingerprint density at radius 1 is 1.02 bits per heavy atom. The molecule has 4 bridgehead atoms. The van der Waals surface area contributed by atoms with Crippen molar-refractivity contribution in [2.24, 2.45) is 5.41 Å². The van der Waals surface area contributed by atoms with Crippen molar-refractivity contribution in [2.45, 2.75) is 56.7 Å². The van der Waals surface area contributed by atoms with Gasteiger partial charge in [0.2, 0.25) is 0 Å². The molecule has 2 N–H and O–H groups in total. The number of alkyl halides is 5. The zero-order valence-electron chi connectivity index (χ0n) is 26.4. The lowest BCUT2D eigenvalue weighted by molar-refractivity contribution is -0.153. The lowest BCUT2D eigenvalue weighted by Crippen LogP contribution is -2.40. The number of carboxylic acids is 1. The van der Waals surface area contributed by atoms with Gasteiger partial charge in [0, 0.05) is 30.6 Å². The monoisotopic (exact) mass is 724 g/mol. The van der Waals surface area contributed by atoms with Gasteiger partial charge in [-0.15, -0.1) is 0 Å². The first-order chi connectivity index (χ1) is 23.0. The Kier molecular flexibility index (Phi) is 10.2. The molecule has 9 nitrogen and oxygen atoms in total. The number of pyridine rings is 1. The van der Waals surface area contributed by atoms with E-state index in [0.29, 0.717) is 12.8 Å². The first-order valence-electron chi connectivity index (χ1n) is 15.2. The van der Waals surface area contributed by atoms with Crippen LogP contribution in [0.2, 0.25) is 0 Å². The van der Waals surface area contributed by atoms with E-state index in [9.17, 15) is 31.5 Å². The molecule has 16 heteroatoms. The molecule has 3 heterocycles. The van der Waals surface area contributed by atoms with E-state index in [1.165, 1.54) is 74.5 Å².